The quantitative estimate of drug-likeness (QED) is 0.886. The van der Waals surface area contributed by atoms with E-state index in [4.69, 9.17) is 4.42 Å². The Labute approximate surface area is 113 Å². The third-order valence-corrected chi connectivity index (χ3v) is 4.53. The number of hydrogen-bond acceptors (Lipinski definition) is 4. The summed E-state index contributed by atoms with van der Waals surface area (Å²) in [5.74, 6) is 1.88. The van der Waals surface area contributed by atoms with Gasteiger partial charge in [-0.2, -0.15) is 0 Å². The lowest BCUT2D eigenvalue weighted by molar-refractivity contribution is -0.131. The topological polar surface area (TPSA) is 68.0 Å². The molecule has 1 N–H and O–H groups in total. The molecule has 2 saturated carbocycles. The number of aromatic nitrogens is 2. The summed E-state index contributed by atoms with van der Waals surface area (Å²) < 4.78 is 5.55. The average Bonchev–Trinajstić information content (AvgIpc) is 2.99. The fraction of sp³-hybridized carbons (Fsp3) is 0.786. The normalized spacial score (nSPS) is 21.5. The molecule has 5 heteroatoms. The van der Waals surface area contributed by atoms with E-state index in [1.165, 1.54) is 0 Å². The molecule has 0 aromatic carbocycles. The van der Waals surface area contributed by atoms with E-state index >= 15 is 0 Å². The van der Waals surface area contributed by atoms with Gasteiger partial charge in [-0.3, -0.25) is 4.79 Å². The van der Waals surface area contributed by atoms with Crippen LogP contribution in [-0.4, -0.2) is 16.1 Å². The van der Waals surface area contributed by atoms with Crippen molar-refractivity contribution < 1.29 is 9.21 Å². The molecule has 2 aliphatic rings. The Morgan fingerprint density at radius 2 is 2.11 bits per heavy atom. The van der Waals surface area contributed by atoms with E-state index in [-0.39, 0.29) is 11.3 Å². The number of carbonyl (C=O) groups excluding carboxylic acids is 1. The van der Waals surface area contributed by atoms with Crippen molar-refractivity contribution in [1.29, 1.82) is 0 Å². The zero-order valence-electron chi connectivity index (χ0n) is 11.4. The van der Waals surface area contributed by atoms with E-state index in [0.29, 0.717) is 18.4 Å². The standard InChI is InChI=1S/C14H21N3O2/c1-2-14(7-3-4-8-14)13(18)15-9-11-16-17-12(19-11)10-5-6-10/h10H,2-9H2,1H3,(H,15,18). The second-order valence-electron chi connectivity index (χ2n) is 5.83. The Balaban J connectivity index is 1.57. The van der Waals surface area contributed by atoms with E-state index in [1.54, 1.807) is 0 Å². The largest absolute Gasteiger partial charge is 0.423 e. The first kappa shape index (κ1) is 12.6. The van der Waals surface area contributed by atoms with E-state index < -0.39 is 0 Å². The molecule has 3 rings (SSSR count). The SMILES string of the molecule is CCC1(C(=O)NCc2nnc(C3CC3)o2)CCCC1. The van der Waals surface area contributed by atoms with Gasteiger partial charge < -0.3 is 9.73 Å². The number of rotatable bonds is 5. The second kappa shape index (κ2) is 4.94. The molecule has 19 heavy (non-hydrogen) atoms. The van der Waals surface area contributed by atoms with Crippen molar-refractivity contribution in [3.05, 3.63) is 11.8 Å². The van der Waals surface area contributed by atoms with Crippen molar-refractivity contribution in [2.24, 2.45) is 5.41 Å². The van der Waals surface area contributed by atoms with Gasteiger partial charge in [0.05, 0.1) is 6.54 Å². The van der Waals surface area contributed by atoms with Crippen molar-refractivity contribution in [3.63, 3.8) is 0 Å². The predicted molar refractivity (Wildman–Crippen MR) is 69.3 cm³/mol. The minimum absolute atomic E-state index is 0.152. The average molecular weight is 263 g/mol. The van der Waals surface area contributed by atoms with Gasteiger partial charge in [0, 0.05) is 11.3 Å². The van der Waals surface area contributed by atoms with Gasteiger partial charge in [0.1, 0.15) is 0 Å². The summed E-state index contributed by atoms with van der Waals surface area (Å²) in [4.78, 5) is 12.3. The Morgan fingerprint density at radius 3 is 2.74 bits per heavy atom. The molecular formula is C14H21N3O2. The third kappa shape index (κ3) is 2.51. The smallest absolute Gasteiger partial charge is 0.235 e. The Hall–Kier alpha value is -1.39. The molecule has 2 fully saturated rings. The number of nitrogens with zero attached hydrogens (tertiary/aromatic N) is 2. The minimum atomic E-state index is -0.153. The second-order valence-corrected chi connectivity index (χ2v) is 5.83. The van der Waals surface area contributed by atoms with Gasteiger partial charge in [-0.1, -0.05) is 19.8 Å². The van der Waals surface area contributed by atoms with Gasteiger partial charge in [0.2, 0.25) is 17.7 Å². The van der Waals surface area contributed by atoms with Crippen molar-refractivity contribution in [1.82, 2.24) is 15.5 Å². The molecule has 0 atom stereocenters. The highest BCUT2D eigenvalue weighted by atomic mass is 16.4. The fourth-order valence-electron chi connectivity index (χ4n) is 2.97. The molecule has 1 amide bonds. The van der Waals surface area contributed by atoms with Gasteiger partial charge in [0.25, 0.3) is 0 Å². The summed E-state index contributed by atoms with van der Waals surface area (Å²) in [7, 11) is 0. The van der Waals surface area contributed by atoms with Gasteiger partial charge >= 0.3 is 0 Å². The maximum atomic E-state index is 12.3. The van der Waals surface area contributed by atoms with Crippen LogP contribution in [0.2, 0.25) is 0 Å². The monoisotopic (exact) mass is 263 g/mol. The number of carbonyl (C=O) groups is 1. The van der Waals surface area contributed by atoms with E-state index in [1.807, 2.05) is 0 Å². The summed E-state index contributed by atoms with van der Waals surface area (Å²) in [6.45, 7) is 2.46. The molecule has 2 aliphatic carbocycles. The van der Waals surface area contributed by atoms with Crippen molar-refractivity contribution in [2.75, 3.05) is 0 Å². The Bertz CT molecular complexity index is 459. The van der Waals surface area contributed by atoms with Crippen LogP contribution in [0.15, 0.2) is 4.42 Å². The lowest BCUT2D eigenvalue weighted by Crippen LogP contribution is -2.38. The summed E-state index contributed by atoms with van der Waals surface area (Å²) in [5.41, 5.74) is -0.153. The van der Waals surface area contributed by atoms with E-state index in [9.17, 15) is 4.79 Å². The third-order valence-electron chi connectivity index (χ3n) is 4.53. The summed E-state index contributed by atoms with van der Waals surface area (Å²) in [6, 6.07) is 0. The van der Waals surface area contributed by atoms with Crippen LogP contribution >= 0.6 is 0 Å². The van der Waals surface area contributed by atoms with Crippen LogP contribution in [-0.2, 0) is 11.3 Å². The van der Waals surface area contributed by atoms with E-state index in [2.05, 4.69) is 22.4 Å². The van der Waals surface area contributed by atoms with Gasteiger partial charge in [-0.25, -0.2) is 0 Å². The first-order valence-corrected chi connectivity index (χ1v) is 7.34. The van der Waals surface area contributed by atoms with Crippen LogP contribution in [0.25, 0.3) is 0 Å². The summed E-state index contributed by atoms with van der Waals surface area (Å²) in [5, 5.41) is 11.0. The highest BCUT2D eigenvalue weighted by molar-refractivity contribution is 5.82. The molecule has 0 radical (unpaired) electrons. The van der Waals surface area contributed by atoms with Gasteiger partial charge in [-0.15, -0.1) is 10.2 Å². The van der Waals surface area contributed by atoms with Crippen molar-refractivity contribution >= 4 is 5.91 Å². The zero-order valence-corrected chi connectivity index (χ0v) is 11.4. The van der Waals surface area contributed by atoms with Crippen LogP contribution < -0.4 is 5.32 Å². The van der Waals surface area contributed by atoms with E-state index in [0.717, 1.165) is 50.8 Å². The van der Waals surface area contributed by atoms with Crippen LogP contribution in [0.1, 0.15) is 69.6 Å². The number of nitrogens with one attached hydrogen (secondary N) is 1. The Morgan fingerprint density at radius 1 is 1.37 bits per heavy atom. The summed E-state index contributed by atoms with van der Waals surface area (Å²) >= 11 is 0. The highest BCUT2D eigenvalue weighted by Crippen LogP contribution is 2.41. The first-order chi connectivity index (χ1) is 9.23. The van der Waals surface area contributed by atoms with Crippen molar-refractivity contribution in [3.8, 4) is 0 Å². The molecule has 1 aromatic heterocycles. The Kier molecular flexibility index (Phi) is 3.29. The van der Waals surface area contributed by atoms with Crippen molar-refractivity contribution in [2.45, 2.75) is 64.3 Å². The van der Waals surface area contributed by atoms with Crippen LogP contribution in [0, 0.1) is 5.41 Å². The minimum Gasteiger partial charge on any atom is -0.423 e. The van der Waals surface area contributed by atoms with Crippen LogP contribution in [0.3, 0.4) is 0 Å². The number of hydrogen-bond donors (Lipinski definition) is 1. The molecule has 104 valence electrons. The molecule has 1 aromatic rings. The first-order valence-electron chi connectivity index (χ1n) is 7.34. The molecular weight excluding hydrogens is 242 g/mol. The molecule has 0 spiro atoms. The summed E-state index contributed by atoms with van der Waals surface area (Å²) in [6.07, 6.45) is 7.54. The fourth-order valence-corrected chi connectivity index (χ4v) is 2.97. The molecule has 0 unspecified atom stereocenters. The zero-order chi connectivity index (χ0) is 13.3. The molecule has 5 nitrogen and oxygen atoms in total. The maximum Gasteiger partial charge on any atom is 0.235 e. The molecule has 1 heterocycles. The lowest BCUT2D eigenvalue weighted by atomic mass is 9.82. The lowest BCUT2D eigenvalue weighted by Gasteiger charge is -2.25. The molecule has 0 aliphatic heterocycles. The number of amides is 1. The highest BCUT2D eigenvalue weighted by Gasteiger charge is 2.39. The maximum absolute atomic E-state index is 12.3. The predicted octanol–water partition coefficient (Wildman–Crippen LogP) is 2.53. The van der Waals surface area contributed by atoms with Gasteiger partial charge in [-0.05, 0) is 32.1 Å². The van der Waals surface area contributed by atoms with Crippen LogP contribution in [0.4, 0.5) is 0 Å². The molecule has 0 bridgehead atoms. The molecule has 0 saturated heterocycles. The van der Waals surface area contributed by atoms with Crippen LogP contribution in [0.5, 0.6) is 0 Å². The van der Waals surface area contributed by atoms with Gasteiger partial charge in [0.15, 0.2) is 0 Å².